The van der Waals surface area contributed by atoms with Crippen molar-refractivity contribution in [2.75, 3.05) is 37.2 Å². The first-order valence-electron chi connectivity index (χ1n) is 45.4. The van der Waals surface area contributed by atoms with Crippen LogP contribution < -0.4 is 46.8 Å². The number of hydrogen-bond acceptors (Lipinski definition) is 21. The van der Waals surface area contributed by atoms with Gasteiger partial charge >= 0.3 is 130 Å². The Morgan fingerprint density at radius 3 is 1.29 bits per heavy atom. The summed E-state index contributed by atoms with van der Waals surface area (Å²) >= 11 is 6.25. The number of pyridine rings is 3. The zero-order valence-electron chi connectivity index (χ0n) is 78.9. The number of rotatable bonds is 13. The largest absolute Gasteiger partial charge is 0.478 e. The molecule has 2 atom stereocenters. The predicted octanol–water partition coefficient (Wildman–Crippen LogP) is 13.1. The Bertz CT molecular complexity index is 6480. The van der Waals surface area contributed by atoms with Crippen molar-refractivity contribution in [3.63, 3.8) is 0 Å². The van der Waals surface area contributed by atoms with Gasteiger partial charge in [0.25, 0.3) is 23.6 Å². The molecule has 38 heteroatoms. The van der Waals surface area contributed by atoms with E-state index in [0.29, 0.717) is 86.3 Å². The average molecular weight is 2140 g/mol. The molecular formula is C101H106B3Br2F4IN11O17-. The van der Waals surface area contributed by atoms with Gasteiger partial charge in [0.05, 0.1) is 73.9 Å². The first-order chi connectivity index (χ1) is 65.6. The number of benzene rings is 7. The number of fused-ring (bicyclic) bond motifs is 7. The zero-order valence-corrected chi connectivity index (χ0v) is 84.2. The number of carbonyl (C=O) groups is 9. The average Bonchev–Trinajstić information content (AvgIpc) is 1.57. The smallest absolute Gasteiger partial charge is 0.336 e. The fourth-order valence-electron chi connectivity index (χ4n) is 17.3. The van der Waals surface area contributed by atoms with Crippen molar-refractivity contribution in [3.8, 4) is 34.4 Å². The number of carboxylic acid groups (broad SMARTS) is 2. The summed E-state index contributed by atoms with van der Waals surface area (Å²) in [4.78, 5) is 122. The summed E-state index contributed by atoms with van der Waals surface area (Å²) in [5.41, 5.74) is 12.4. The van der Waals surface area contributed by atoms with E-state index in [4.69, 9.17) is 47.5 Å². The number of Topliss-reactive ketones (excluding diaryl/α,β-unsaturated/α-hetero) is 2. The number of ketones is 2. The molecule has 0 saturated carbocycles. The Balaban J connectivity index is 0.000000141. The van der Waals surface area contributed by atoms with Gasteiger partial charge in [-0.25, -0.2) is 18.4 Å². The molecule has 0 radical (unpaired) electrons. The summed E-state index contributed by atoms with van der Waals surface area (Å²) in [6, 6.07) is 45.2. The standard InChI is InChI=1S/C27H22F2N4O3.C19H14N2O3.C15H20BNO3.C12H24B2O4.C10H6BrNO2.C10H9BrO.C8H11F2IN3O/c28-27(29)13-17(14-30)33(15-27)25(35)7-6-24(34)20-9-10-31-23-5-4-16(12-22(20)23)18-2-1-3-21-19(18)8-11-32-26(21)36;22-18-14-3-1-2-12(13(14)6-9-21-18)11-4-5-17-16(10-11)15(19(23)24)7-8-20-17;1-14(2)15(3,4)20-16(19-14)12-7-5-6-11-10(12)8-9-17-13(11)18;1-9(2)10(3,4)16-13(15-9)14-17-11(5,6)12(7,8)18-14;11-6-1-2-9-8(5-6)7(10(13)14)3-4-12-9;11-9-5-1-4-8-7(9)3-2-6-10(8)12;9-8(10)3-6(4-12)14(5-8)7(15)1-2-11-13/h1-5,9-10,12,17H,6-8,11,13,15H2,(H,32,36);1-5,7-8,10H,6,9H2,(H,21,22)(H,23,24);5-7H,8-9H2,1-4H3,(H,17,18);1-8H3;1-5H,(H,13,14);1,4-5H,2-3,6H2;6H,1-3,5,13H2/q;;;;;;-1/t17-;;;;;;6-/m0.....0/s1. The molecule has 726 valence electrons. The van der Waals surface area contributed by atoms with E-state index in [0.717, 1.165) is 100.0 Å². The summed E-state index contributed by atoms with van der Waals surface area (Å²) in [5.74, 6) is -9.18. The number of hydrogen-bond donors (Lipinski definition) is 6. The fraction of sp³-hybridized carbons (Fsp3) is 0.386. The minimum atomic E-state index is -3.10. The number of aromatic nitrogens is 3. The van der Waals surface area contributed by atoms with Crippen LogP contribution in [0.25, 0.3) is 55.0 Å². The van der Waals surface area contributed by atoms with Gasteiger partial charge in [-0.05, 0) is 250 Å². The topological polar surface area (TPSA) is 404 Å². The van der Waals surface area contributed by atoms with Crippen molar-refractivity contribution in [1.82, 2.24) is 40.7 Å². The van der Waals surface area contributed by atoms with Crippen molar-refractivity contribution in [2.24, 2.45) is 3.95 Å². The minimum Gasteiger partial charge on any atom is -0.478 e. The molecule has 0 spiro atoms. The Morgan fingerprint density at radius 2 is 0.849 bits per heavy atom. The Kier molecular flexibility index (Phi) is 32.5. The molecule has 5 fully saturated rings. The van der Waals surface area contributed by atoms with Crippen LogP contribution in [-0.4, -0.2) is 204 Å². The maximum absolute atomic E-state index is 13.7. The van der Waals surface area contributed by atoms with Crippen LogP contribution in [0.15, 0.2) is 173 Å². The number of nitrogens with zero attached hydrogens (tertiary/aromatic N) is 7. The summed E-state index contributed by atoms with van der Waals surface area (Å²) in [6.07, 6.45) is 8.02. The van der Waals surface area contributed by atoms with Crippen LogP contribution in [0.3, 0.4) is 0 Å². The van der Waals surface area contributed by atoms with E-state index < -0.39 is 110 Å². The molecule has 5 amide bonds. The number of aromatic carboxylic acids is 2. The minimum absolute atomic E-state index is 0.00961. The zero-order chi connectivity index (χ0) is 101. The Labute approximate surface area is 831 Å². The van der Waals surface area contributed by atoms with Crippen LogP contribution in [0.1, 0.15) is 223 Å². The van der Waals surface area contributed by atoms with Crippen LogP contribution in [0, 0.1) is 22.7 Å². The van der Waals surface area contributed by atoms with E-state index in [2.05, 4.69) is 62.8 Å². The van der Waals surface area contributed by atoms with Gasteiger partial charge in [-0.3, -0.25) is 43.7 Å². The number of carboxylic acids is 2. The molecule has 7 aromatic carbocycles. The molecule has 1 aliphatic carbocycles. The van der Waals surface area contributed by atoms with Crippen LogP contribution in [0.5, 0.6) is 0 Å². The molecule has 0 unspecified atom stereocenters. The van der Waals surface area contributed by atoms with Crippen molar-refractivity contribution >= 4 is 144 Å². The third kappa shape index (κ3) is 23.8. The monoisotopic (exact) mass is 2140 g/mol. The number of nitriles is 2. The molecule has 19 rings (SSSR count). The van der Waals surface area contributed by atoms with E-state index >= 15 is 0 Å². The van der Waals surface area contributed by atoms with Crippen molar-refractivity contribution in [3.05, 3.63) is 234 Å². The number of carbonyl (C=O) groups excluding carboxylic acids is 7. The molecule has 139 heavy (non-hydrogen) atoms. The molecular weight excluding hydrogens is 2030 g/mol. The van der Waals surface area contributed by atoms with E-state index in [1.54, 1.807) is 42.5 Å². The fourth-order valence-corrected chi connectivity index (χ4v) is 19.0. The molecule has 8 aliphatic heterocycles. The van der Waals surface area contributed by atoms with Gasteiger partial charge in [-0.15, -0.1) is 0 Å². The number of halogens is 7. The van der Waals surface area contributed by atoms with E-state index in [-0.39, 0.29) is 99.2 Å². The molecule has 0 bridgehead atoms. The molecule has 11 heterocycles. The second kappa shape index (κ2) is 43.0. The molecule has 3 aromatic heterocycles. The predicted molar refractivity (Wildman–Crippen MR) is 520 cm³/mol. The van der Waals surface area contributed by atoms with Crippen LogP contribution in [0.2, 0.25) is 0 Å². The third-order valence-electron chi connectivity index (χ3n) is 26.8. The SMILES string of the molecule is CC1(C)OB(B2OC(C)(C)C(C)(C)O2)OC1(C)C.CC1(C)OB(c2cccc3c2CCNC3=O)OC1(C)C.N#C[C@@H]1CC(F)(F)CN1C(=O)CCC(=O)c1ccnc2ccc(-c3cccc4c3CCNC4=O)cc12.N#C[C@@H]1CC(F)(F)CN1C(=O)CC[I-]N.O=C(O)c1ccnc2ccc(Br)cc12.O=C1CCCc2c(Br)cccc21.O=C1NCCc2c1cccc2-c1ccc2nccc(C(=O)O)c2c1. The molecule has 28 nitrogen and oxygen atoms in total. The van der Waals surface area contributed by atoms with Crippen LogP contribution >= 0.6 is 31.9 Å². The quantitative estimate of drug-likeness (QED) is 0.0156. The molecule has 10 aromatic rings. The van der Waals surface area contributed by atoms with E-state index in [9.17, 15) is 65.8 Å². The molecule has 5 saturated heterocycles. The second-order valence-corrected chi connectivity index (χ2v) is 41.4. The van der Waals surface area contributed by atoms with Gasteiger partial charge in [-0.1, -0.05) is 92.5 Å². The molecule has 9 aliphatic rings. The summed E-state index contributed by atoms with van der Waals surface area (Å²) in [6.45, 7) is 24.7. The van der Waals surface area contributed by atoms with Gasteiger partial charge in [0.15, 0.2) is 11.6 Å². The molecule has 7 N–H and O–H groups in total. The first kappa shape index (κ1) is 105. The normalized spacial score (nSPS) is 19.6. The number of nitrogens with two attached hydrogens (primary N) is 1. The summed E-state index contributed by atoms with van der Waals surface area (Å²) in [5, 5.41) is 46.5. The van der Waals surface area contributed by atoms with Gasteiger partial charge in [-0.2, -0.15) is 5.26 Å². The van der Waals surface area contributed by atoms with Gasteiger partial charge in [0, 0.05) is 117 Å². The summed E-state index contributed by atoms with van der Waals surface area (Å²) < 4.78 is 97.1. The van der Waals surface area contributed by atoms with Gasteiger partial charge < -0.3 is 59.0 Å². The maximum atomic E-state index is 13.7. The van der Waals surface area contributed by atoms with Crippen LogP contribution in [0.4, 0.5) is 17.6 Å². The Morgan fingerprint density at radius 1 is 0.468 bits per heavy atom. The Hall–Kier alpha value is -11.3. The van der Waals surface area contributed by atoms with Gasteiger partial charge in [0.1, 0.15) is 6.04 Å². The summed E-state index contributed by atoms with van der Waals surface area (Å²) in [7, 11) is -1.35. The van der Waals surface area contributed by atoms with E-state index in [1.807, 2.05) is 186 Å². The first-order valence-corrected chi connectivity index (χ1v) is 49.8. The van der Waals surface area contributed by atoms with Gasteiger partial charge in [0.2, 0.25) is 5.91 Å². The van der Waals surface area contributed by atoms with E-state index in [1.165, 1.54) is 36.3 Å². The van der Waals surface area contributed by atoms with Crippen molar-refractivity contribution in [2.45, 2.75) is 211 Å². The number of nitrogens with one attached hydrogen (secondary N) is 3. The maximum Gasteiger partial charge on any atom is 0.336 e. The second-order valence-electron chi connectivity index (χ2n) is 37.7. The van der Waals surface area contributed by atoms with Crippen molar-refractivity contribution < 1.29 is 120 Å². The number of alkyl halides is 5. The number of likely N-dealkylation sites (tertiary alicyclic amines) is 2. The van der Waals surface area contributed by atoms with Crippen LogP contribution in [-0.2, 0) is 63.2 Å². The number of amides is 5. The van der Waals surface area contributed by atoms with Crippen molar-refractivity contribution in [1.29, 1.82) is 10.5 Å². The third-order valence-corrected chi connectivity index (χ3v) is 29.2.